The molecule has 0 bridgehead atoms. The van der Waals surface area contributed by atoms with Crippen LogP contribution in [0.1, 0.15) is 13.8 Å². The van der Waals surface area contributed by atoms with Gasteiger partial charge in [0.1, 0.15) is 0 Å². The van der Waals surface area contributed by atoms with Crippen LogP contribution >= 0.6 is 0 Å². The summed E-state index contributed by atoms with van der Waals surface area (Å²) in [7, 11) is 1.78. The van der Waals surface area contributed by atoms with E-state index in [1.54, 1.807) is 24.1 Å². The first kappa shape index (κ1) is 10.6. The zero-order valence-electron chi connectivity index (χ0n) is 8.65. The van der Waals surface area contributed by atoms with Crippen molar-refractivity contribution in [2.24, 2.45) is 13.0 Å². The van der Waals surface area contributed by atoms with Gasteiger partial charge in [0.25, 0.3) is 0 Å². The largest absolute Gasteiger partial charge is 0.449 e. The molecule has 0 aliphatic rings. The molecule has 14 heavy (non-hydrogen) atoms. The number of anilines is 1. The minimum Gasteiger partial charge on any atom is -0.449 e. The average molecular weight is 197 g/mol. The molecule has 1 heterocycles. The Bertz CT molecular complexity index is 307. The molecule has 78 valence electrons. The van der Waals surface area contributed by atoms with Gasteiger partial charge in [0.2, 0.25) is 0 Å². The van der Waals surface area contributed by atoms with Crippen LogP contribution in [-0.2, 0) is 11.8 Å². The van der Waals surface area contributed by atoms with Gasteiger partial charge in [-0.05, 0) is 5.92 Å². The number of aromatic nitrogens is 2. The third-order valence-corrected chi connectivity index (χ3v) is 1.50. The van der Waals surface area contributed by atoms with Gasteiger partial charge < -0.3 is 4.74 Å². The number of hydrogen-bond acceptors (Lipinski definition) is 3. The van der Waals surface area contributed by atoms with E-state index in [0.29, 0.717) is 18.2 Å². The van der Waals surface area contributed by atoms with E-state index in [1.165, 1.54) is 0 Å². The number of hydrogen-bond donors (Lipinski definition) is 1. The fourth-order valence-electron chi connectivity index (χ4n) is 0.882. The number of amides is 1. The number of rotatable bonds is 3. The zero-order chi connectivity index (χ0) is 10.6. The summed E-state index contributed by atoms with van der Waals surface area (Å²) in [6.45, 7) is 4.39. The highest BCUT2D eigenvalue weighted by Crippen LogP contribution is 2.04. The number of ether oxygens (including phenoxy) is 1. The predicted molar refractivity (Wildman–Crippen MR) is 53.0 cm³/mol. The van der Waals surface area contributed by atoms with E-state index in [0.717, 1.165) is 0 Å². The van der Waals surface area contributed by atoms with Gasteiger partial charge in [-0.25, -0.2) is 4.79 Å². The standard InChI is InChI=1S/C9H15N3O2/c1-7(2)6-14-9(13)11-8-4-10-12(3)5-8/h4-5,7H,6H2,1-3H3,(H,11,13). The number of carbonyl (C=O) groups excluding carboxylic acids is 1. The zero-order valence-corrected chi connectivity index (χ0v) is 8.65. The van der Waals surface area contributed by atoms with Gasteiger partial charge in [-0.1, -0.05) is 13.8 Å². The van der Waals surface area contributed by atoms with Gasteiger partial charge in [0.15, 0.2) is 0 Å². The summed E-state index contributed by atoms with van der Waals surface area (Å²) >= 11 is 0. The highest BCUT2D eigenvalue weighted by Gasteiger charge is 2.05. The molecule has 0 saturated heterocycles. The molecule has 0 atom stereocenters. The lowest BCUT2D eigenvalue weighted by Gasteiger charge is -2.06. The molecule has 1 rings (SSSR count). The lowest BCUT2D eigenvalue weighted by Crippen LogP contribution is -2.16. The molecular weight excluding hydrogens is 182 g/mol. The molecule has 0 unspecified atom stereocenters. The Morgan fingerprint density at radius 1 is 1.71 bits per heavy atom. The Hall–Kier alpha value is -1.52. The van der Waals surface area contributed by atoms with E-state index in [4.69, 9.17) is 4.74 Å². The molecule has 0 spiro atoms. The summed E-state index contributed by atoms with van der Waals surface area (Å²) in [6, 6.07) is 0. The SMILES string of the molecule is CC(C)COC(=O)Nc1cnn(C)c1. The van der Waals surface area contributed by atoms with Gasteiger partial charge in [0, 0.05) is 13.2 Å². The van der Waals surface area contributed by atoms with Gasteiger partial charge in [-0.2, -0.15) is 5.10 Å². The van der Waals surface area contributed by atoms with Crippen LogP contribution in [0.2, 0.25) is 0 Å². The van der Waals surface area contributed by atoms with Crippen molar-refractivity contribution in [2.45, 2.75) is 13.8 Å². The fraction of sp³-hybridized carbons (Fsp3) is 0.556. The number of nitrogens with zero attached hydrogens (tertiary/aromatic N) is 2. The van der Waals surface area contributed by atoms with Crippen molar-refractivity contribution >= 4 is 11.8 Å². The minimum atomic E-state index is -0.438. The lowest BCUT2D eigenvalue weighted by atomic mass is 10.2. The second kappa shape index (κ2) is 4.64. The average Bonchev–Trinajstić information content (AvgIpc) is 2.48. The van der Waals surface area contributed by atoms with Gasteiger partial charge in [-0.3, -0.25) is 10.00 Å². The van der Waals surface area contributed by atoms with E-state index < -0.39 is 6.09 Å². The van der Waals surface area contributed by atoms with Crippen LogP contribution in [0.4, 0.5) is 10.5 Å². The first-order chi connectivity index (χ1) is 6.58. The predicted octanol–water partition coefficient (Wildman–Crippen LogP) is 1.62. The van der Waals surface area contributed by atoms with E-state index in [9.17, 15) is 4.79 Å². The maximum atomic E-state index is 11.2. The monoisotopic (exact) mass is 197 g/mol. The second-order valence-corrected chi connectivity index (χ2v) is 3.52. The van der Waals surface area contributed by atoms with Crippen molar-refractivity contribution in [3.8, 4) is 0 Å². The minimum absolute atomic E-state index is 0.342. The first-order valence-electron chi connectivity index (χ1n) is 4.50. The number of aryl methyl sites for hydroxylation is 1. The Balaban J connectivity index is 2.34. The van der Waals surface area contributed by atoms with Gasteiger partial charge in [0.05, 0.1) is 18.5 Å². The summed E-state index contributed by atoms with van der Waals surface area (Å²) in [4.78, 5) is 11.2. The van der Waals surface area contributed by atoms with Crippen LogP contribution in [-0.4, -0.2) is 22.5 Å². The molecule has 0 saturated carbocycles. The third-order valence-electron chi connectivity index (χ3n) is 1.50. The Labute approximate surface area is 83.1 Å². The summed E-state index contributed by atoms with van der Waals surface area (Å²) < 4.78 is 6.54. The van der Waals surface area contributed by atoms with Crippen LogP contribution in [0.3, 0.4) is 0 Å². The highest BCUT2D eigenvalue weighted by atomic mass is 16.5. The second-order valence-electron chi connectivity index (χ2n) is 3.52. The molecule has 0 fully saturated rings. The number of nitrogens with one attached hydrogen (secondary N) is 1. The molecule has 5 nitrogen and oxygen atoms in total. The van der Waals surface area contributed by atoms with Gasteiger partial charge in [-0.15, -0.1) is 0 Å². The van der Waals surface area contributed by atoms with Crippen molar-refractivity contribution in [1.82, 2.24) is 9.78 Å². The molecule has 1 aromatic heterocycles. The van der Waals surface area contributed by atoms with E-state index in [-0.39, 0.29) is 0 Å². The molecular formula is C9H15N3O2. The molecule has 1 amide bonds. The Morgan fingerprint density at radius 2 is 2.43 bits per heavy atom. The first-order valence-corrected chi connectivity index (χ1v) is 4.50. The van der Waals surface area contributed by atoms with Crippen molar-refractivity contribution < 1.29 is 9.53 Å². The highest BCUT2D eigenvalue weighted by molar-refractivity contribution is 5.84. The molecule has 0 radical (unpaired) electrons. The smallest absolute Gasteiger partial charge is 0.411 e. The maximum Gasteiger partial charge on any atom is 0.411 e. The molecule has 1 N–H and O–H groups in total. The van der Waals surface area contributed by atoms with E-state index in [1.807, 2.05) is 13.8 Å². The topological polar surface area (TPSA) is 56.1 Å². The van der Waals surface area contributed by atoms with Crippen LogP contribution < -0.4 is 5.32 Å². The molecule has 0 aliphatic heterocycles. The van der Waals surface area contributed by atoms with E-state index in [2.05, 4.69) is 10.4 Å². The van der Waals surface area contributed by atoms with Crippen LogP contribution in [0.5, 0.6) is 0 Å². The third kappa shape index (κ3) is 3.47. The molecule has 1 aromatic rings. The van der Waals surface area contributed by atoms with Crippen LogP contribution in [0, 0.1) is 5.92 Å². The number of carbonyl (C=O) groups is 1. The normalized spacial score (nSPS) is 10.3. The fourth-order valence-corrected chi connectivity index (χ4v) is 0.882. The van der Waals surface area contributed by atoms with Crippen molar-refractivity contribution in [3.05, 3.63) is 12.4 Å². The lowest BCUT2D eigenvalue weighted by molar-refractivity contribution is 0.147. The van der Waals surface area contributed by atoms with Gasteiger partial charge >= 0.3 is 6.09 Å². The van der Waals surface area contributed by atoms with Crippen molar-refractivity contribution in [3.63, 3.8) is 0 Å². The van der Waals surface area contributed by atoms with Crippen LogP contribution in [0.25, 0.3) is 0 Å². The van der Waals surface area contributed by atoms with Crippen molar-refractivity contribution in [1.29, 1.82) is 0 Å². The Morgan fingerprint density at radius 3 is 2.93 bits per heavy atom. The molecule has 0 aliphatic carbocycles. The summed E-state index contributed by atoms with van der Waals surface area (Å²) in [5.74, 6) is 0.342. The summed E-state index contributed by atoms with van der Waals surface area (Å²) in [6.07, 6.45) is 2.83. The quantitative estimate of drug-likeness (QED) is 0.801. The summed E-state index contributed by atoms with van der Waals surface area (Å²) in [5, 5.41) is 6.48. The summed E-state index contributed by atoms with van der Waals surface area (Å²) in [5.41, 5.74) is 0.640. The van der Waals surface area contributed by atoms with Crippen LogP contribution in [0.15, 0.2) is 12.4 Å². The van der Waals surface area contributed by atoms with Crippen molar-refractivity contribution in [2.75, 3.05) is 11.9 Å². The Kier molecular flexibility index (Phi) is 3.50. The maximum absolute atomic E-state index is 11.2. The molecule has 0 aromatic carbocycles. The molecule has 5 heteroatoms. The van der Waals surface area contributed by atoms with E-state index >= 15 is 0 Å².